The van der Waals surface area contributed by atoms with Crippen molar-refractivity contribution in [3.8, 4) is 0 Å². The minimum absolute atomic E-state index is 0.0229. The van der Waals surface area contributed by atoms with E-state index in [1.807, 2.05) is 0 Å². The molecule has 0 bridgehead atoms. The molecule has 1 saturated heterocycles. The standard InChI is InChI=1S/C7H15NO4S/c9-3-6-13(10,11)8-7-1-4-12-5-2-7/h7-9H,1-6H2. The summed E-state index contributed by atoms with van der Waals surface area (Å²) in [5.74, 6) is -0.218. The van der Waals surface area contributed by atoms with E-state index in [2.05, 4.69) is 4.72 Å². The highest BCUT2D eigenvalue weighted by Crippen LogP contribution is 2.07. The molecule has 0 amide bonds. The van der Waals surface area contributed by atoms with Crippen LogP contribution >= 0.6 is 0 Å². The lowest BCUT2D eigenvalue weighted by molar-refractivity contribution is 0.0832. The van der Waals surface area contributed by atoms with E-state index in [-0.39, 0.29) is 18.4 Å². The van der Waals surface area contributed by atoms with Crippen molar-refractivity contribution in [3.05, 3.63) is 0 Å². The Labute approximate surface area is 78.1 Å². The molecule has 0 aromatic rings. The second-order valence-corrected chi connectivity index (χ2v) is 4.92. The third-order valence-corrected chi connectivity index (χ3v) is 3.34. The fraction of sp³-hybridized carbons (Fsp3) is 1.00. The Hall–Kier alpha value is -0.170. The molecular weight excluding hydrogens is 194 g/mol. The van der Waals surface area contributed by atoms with Gasteiger partial charge in [0.25, 0.3) is 0 Å². The molecular formula is C7H15NO4S. The summed E-state index contributed by atoms with van der Waals surface area (Å²) in [6.07, 6.45) is 1.43. The normalized spacial score (nSPS) is 20.4. The first kappa shape index (κ1) is 10.9. The Bertz CT molecular complexity index is 233. The van der Waals surface area contributed by atoms with Gasteiger partial charge in [-0.1, -0.05) is 0 Å². The summed E-state index contributed by atoms with van der Waals surface area (Å²) in [7, 11) is -3.29. The van der Waals surface area contributed by atoms with Crippen molar-refractivity contribution in [1.82, 2.24) is 4.72 Å². The number of rotatable bonds is 4. The average Bonchev–Trinajstić information content (AvgIpc) is 2.04. The molecule has 0 aromatic heterocycles. The zero-order chi connectivity index (χ0) is 9.73. The molecule has 1 rings (SSSR count). The average molecular weight is 209 g/mol. The summed E-state index contributed by atoms with van der Waals surface area (Å²) in [6.45, 7) is 0.872. The minimum Gasteiger partial charge on any atom is -0.395 e. The molecule has 0 spiro atoms. The zero-order valence-corrected chi connectivity index (χ0v) is 8.22. The maximum Gasteiger partial charge on any atom is 0.214 e. The van der Waals surface area contributed by atoms with E-state index in [4.69, 9.17) is 9.84 Å². The fourth-order valence-electron chi connectivity index (χ4n) is 1.25. The third-order valence-electron chi connectivity index (χ3n) is 1.93. The van der Waals surface area contributed by atoms with Crippen LogP contribution in [0.3, 0.4) is 0 Å². The topological polar surface area (TPSA) is 75.6 Å². The molecule has 0 radical (unpaired) electrons. The van der Waals surface area contributed by atoms with E-state index in [0.717, 1.165) is 0 Å². The first-order valence-corrected chi connectivity index (χ1v) is 5.98. The van der Waals surface area contributed by atoms with Crippen LogP contribution in [0.4, 0.5) is 0 Å². The van der Waals surface area contributed by atoms with Crippen molar-refractivity contribution in [1.29, 1.82) is 0 Å². The number of aliphatic hydroxyl groups excluding tert-OH is 1. The highest BCUT2D eigenvalue weighted by molar-refractivity contribution is 7.89. The molecule has 1 aliphatic heterocycles. The van der Waals surface area contributed by atoms with Gasteiger partial charge in [-0.3, -0.25) is 0 Å². The van der Waals surface area contributed by atoms with Crippen LogP contribution in [0.1, 0.15) is 12.8 Å². The Kier molecular flexibility index (Phi) is 4.11. The van der Waals surface area contributed by atoms with E-state index < -0.39 is 10.0 Å². The Morgan fingerprint density at radius 2 is 2.00 bits per heavy atom. The van der Waals surface area contributed by atoms with Gasteiger partial charge in [-0.2, -0.15) is 0 Å². The number of hydrogen-bond acceptors (Lipinski definition) is 4. The van der Waals surface area contributed by atoms with E-state index in [1.165, 1.54) is 0 Å². The van der Waals surface area contributed by atoms with Gasteiger partial charge in [0.15, 0.2) is 0 Å². The number of hydrogen-bond donors (Lipinski definition) is 2. The SMILES string of the molecule is O=S(=O)(CCO)NC1CCOCC1. The molecule has 1 heterocycles. The predicted octanol–water partition coefficient (Wildman–Crippen LogP) is -0.923. The molecule has 0 aromatic carbocycles. The van der Waals surface area contributed by atoms with E-state index >= 15 is 0 Å². The zero-order valence-electron chi connectivity index (χ0n) is 7.40. The number of sulfonamides is 1. The van der Waals surface area contributed by atoms with Crippen molar-refractivity contribution in [2.24, 2.45) is 0 Å². The van der Waals surface area contributed by atoms with Crippen LogP contribution in [0.2, 0.25) is 0 Å². The van der Waals surface area contributed by atoms with Crippen molar-refractivity contribution in [2.75, 3.05) is 25.6 Å². The lowest BCUT2D eigenvalue weighted by Crippen LogP contribution is -2.40. The van der Waals surface area contributed by atoms with Gasteiger partial charge >= 0.3 is 0 Å². The number of ether oxygens (including phenoxy) is 1. The Morgan fingerprint density at radius 3 is 2.54 bits per heavy atom. The molecule has 5 nitrogen and oxygen atoms in total. The molecule has 13 heavy (non-hydrogen) atoms. The maximum absolute atomic E-state index is 11.2. The molecule has 0 atom stereocenters. The van der Waals surface area contributed by atoms with E-state index in [9.17, 15) is 8.42 Å². The second kappa shape index (κ2) is 4.90. The van der Waals surface area contributed by atoms with Crippen molar-refractivity contribution >= 4 is 10.0 Å². The summed E-state index contributed by atoms with van der Waals surface area (Å²) in [6, 6.07) is -0.0229. The monoisotopic (exact) mass is 209 g/mol. The summed E-state index contributed by atoms with van der Waals surface area (Å²) < 4.78 is 30.0. The first-order valence-electron chi connectivity index (χ1n) is 4.32. The van der Waals surface area contributed by atoms with Gasteiger partial charge in [-0.15, -0.1) is 0 Å². The Morgan fingerprint density at radius 1 is 1.38 bits per heavy atom. The molecule has 6 heteroatoms. The molecule has 0 saturated carbocycles. The number of nitrogens with one attached hydrogen (secondary N) is 1. The van der Waals surface area contributed by atoms with Gasteiger partial charge in [0.1, 0.15) is 0 Å². The summed E-state index contributed by atoms with van der Waals surface area (Å²) in [4.78, 5) is 0. The van der Waals surface area contributed by atoms with Crippen molar-refractivity contribution in [3.63, 3.8) is 0 Å². The highest BCUT2D eigenvalue weighted by atomic mass is 32.2. The van der Waals surface area contributed by atoms with E-state index in [0.29, 0.717) is 26.1 Å². The molecule has 0 aliphatic carbocycles. The van der Waals surface area contributed by atoms with Crippen molar-refractivity contribution in [2.45, 2.75) is 18.9 Å². The Balaban J connectivity index is 2.37. The summed E-state index contributed by atoms with van der Waals surface area (Å²) >= 11 is 0. The third kappa shape index (κ3) is 4.04. The fourth-order valence-corrected chi connectivity index (χ4v) is 2.35. The first-order chi connectivity index (χ1) is 6.14. The van der Waals surface area contributed by atoms with Crippen LogP contribution in [-0.2, 0) is 14.8 Å². The predicted molar refractivity (Wildman–Crippen MR) is 47.8 cm³/mol. The van der Waals surface area contributed by atoms with Gasteiger partial charge in [0, 0.05) is 19.3 Å². The molecule has 1 fully saturated rings. The highest BCUT2D eigenvalue weighted by Gasteiger charge is 2.19. The van der Waals surface area contributed by atoms with Crippen LogP contribution in [0, 0.1) is 0 Å². The van der Waals surface area contributed by atoms with E-state index in [1.54, 1.807) is 0 Å². The minimum atomic E-state index is -3.29. The van der Waals surface area contributed by atoms with Crippen LogP contribution in [0.15, 0.2) is 0 Å². The van der Waals surface area contributed by atoms with Crippen molar-refractivity contribution < 1.29 is 18.3 Å². The lowest BCUT2D eigenvalue weighted by atomic mass is 10.1. The van der Waals surface area contributed by atoms with Crippen LogP contribution in [0.5, 0.6) is 0 Å². The molecule has 78 valence electrons. The largest absolute Gasteiger partial charge is 0.395 e. The lowest BCUT2D eigenvalue weighted by Gasteiger charge is -2.22. The second-order valence-electron chi connectivity index (χ2n) is 3.05. The van der Waals surface area contributed by atoms with Gasteiger partial charge < -0.3 is 9.84 Å². The van der Waals surface area contributed by atoms with Gasteiger partial charge in [0.2, 0.25) is 10.0 Å². The summed E-state index contributed by atoms with van der Waals surface area (Å²) in [5.41, 5.74) is 0. The maximum atomic E-state index is 11.2. The molecule has 2 N–H and O–H groups in total. The van der Waals surface area contributed by atoms with Crippen LogP contribution in [-0.4, -0.2) is 45.1 Å². The quantitative estimate of drug-likeness (QED) is 0.627. The summed E-state index contributed by atoms with van der Waals surface area (Å²) in [5, 5.41) is 8.49. The van der Waals surface area contributed by atoms with Gasteiger partial charge in [-0.05, 0) is 12.8 Å². The smallest absolute Gasteiger partial charge is 0.214 e. The van der Waals surface area contributed by atoms with Crippen LogP contribution in [0.25, 0.3) is 0 Å². The number of aliphatic hydroxyl groups is 1. The van der Waals surface area contributed by atoms with Gasteiger partial charge in [-0.25, -0.2) is 13.1 Å². The molecule has 1 aliphatic rings. The van der Waals surface area contributed by atoms with Gasteiger partial charge in [0.05, 0.1) is 12.4 Å². The molecule has 0 unspecified atom stereocenters. The van der Waals surface area contributed by atoms with Crippen LogP contribution < -0.4 is 4.72 Å².